The second-order valence-electron chi connectivity index (χ2n) is 1.93. The summed E-state index contributed by atoms with van der Waals surface area (Å²) in [5.74, 6) is 0.311. The Hall–Kier alpha value is -0.210. The lowest BCUT2D eigenvalue weighted by molar-refractivity contribution is 0.312. The first-order chi connectivity index (χ1) is 5.65. The average Bonchev–Trinajstić information content (AvgIpc) is 2.03. The molecule has 1 aromatic rings. The Bertz CT molecular complexity index is 307. The minimum Gasteiger partial charge on any atom is -0.289 e. The molecule has 1 rings (SSSR count). The Labute approximate surface area is 91.3 Å². The van der Waals surface area contributed by atoms with Crippen LogP contribution in [0.1, 0.15) is 0 Å². The van der Waals surface area contributed by atoms with Gasteiger partial charge in [0.05, 0.1) is 4.47 Å². The van der Waals surface area contributed by atoms with E-state index in [1.165, 1.54) is 0 Å². The molecule has 0 saturated carbocycles. The van der Waals surface area contributed by atoms with Crippen molar-refractivity contribution in [1.82, 2.24) is 4.98 Å². The average molecular weight is 342 g/mol. The standard InChI is InChI=1S/C6H5BrIN3O/c7-5-1-4(8)2-10-6(5)11(12)3-9/h1-3,9,12H. The minimum absolute atomic E-state index is 0.311. The van der Waals surface area contributed by atoms with Gasteiger partial charge in [0.15, 0.2) is 5.82 Å². The molecule has 0 aliphatic rings. The fourth-order valence-electron chi connectivity index (χ4n) is 0.637. The Kier molecular flexibility index (Phi) is 3.41. The molecule has 0 atom stereocenters. The van der Waals surface area contributed by atoms with Crippen molar-refractivity contribution >= 4 is 50.7 Å². The van der Waals surface area contributed by atoms with E-state index in [2.05, 4.69) is 43.5 Å². The van der Waals surface area contributed by atoms with Crippen molar-refractivity contribution in [3.63, 3.8) is 0 Å². The lowest BCUT2D eigenvalue weighted by atomic mass is 10.5. The largest absolute Gasteiger partial charge is 0.289 e. The third kappa shape index (κ3) is 2.14. The third-order valence-electron chi connectivity index (χ3n) is 1.13. The molecule has 4 nitrogen and oxygen atoms in total. The summed E-state index contributed by atoms with van der Waals surface area (Å²) in [6.45, 7) is 0. The van der Waals surface area contributed by atoms with E-state index in [0.717, 1.165) is 9.91 Å². The fourth-order valence-corrected chi connectivity index (χ4v) is 2.05. The van der Waals surface area contributed by atoms with Crippen molar-refractivity contribution < 1.29 is 5.21 Å². The third-order valence-corrected chi connectivity index (χ3v) is 2.30. The predicted octanol–water partition coefficient (Wildman–Crippen LogP) is 2.25. The first kappa shape index (κ1) is 9.87. The summed E-state index contributed by atoms with van der Waals surface area (Å²) in [7, 11) is 0. The minimum atomic E-state index is 0.311. The van der Waals surface area contributed by atoms with Crippen LogP contribution in [0.25, 0.3) is 0 Å². The first-order valence-corrected chi connectivity index (χ1v) is 4.82. The molecule has 1 heterocycles. The van der Waals surface area contributed by atoms with Gasteiger partial charge in [-0.3, -0.25) is 10.6 Å². The van der Waals surface area contributed by atoms with Crippen LogP contribution in [0.4, 0.5) is 5.82 Å². The van der Waals surface area contributed by atoms with Crippen LogP contribution in [-0.4, -0.2) is 16.5 Å². The molecule has 1 aromatic heterocycles. The first-order valence-electron chi connectivity index (χ1n) is 2.95. The zero-order valence-electron chi connectivity index (χ0n) is 5.83. The van der Waals surface area contributed by atoms with E-state index in [9.17, 15) is 0 Å². The van der Waals surface area contributed by atoms with Crippen molar-refractivity contribution in [2.24, 2.45) is 0 Å². The van der Waals surface area contributed by atoms with Crippen LogP contribution in [-0.2, 0) is 0 Å². The van der Waals surface area contributed by atoms with Gasteiger partial charge >= 0.3 is 0 Å². The van der Waals surface area contributed by atoms with Crippen LogP contribution in [0.15, 0.2) is 16.7 Å². The quantitative estimate of drug-likeness (QED) is 0.375. The van der Waals surface area contributed by atoms with E-state index >= 15 is 0 Å². The maximum absolute atomic E-state index is 9.10. The second-order valence-corrected chi connectivity index (χ2v) is 4.03. The Morgan fingerprint density at radius 1 is 1.75 bits per heavy atom. The van der Waals surface area contributed by atoms with Gasteiger partial charge in [-0.1, -0.05) is 0 Å². The van der Waals surface area contributed by atoms with E-state index in [0.29, 0.717) is 15.4 Å². The van der Waals surface area contributed by atoms with E-state index in [-0.39, 0.29) is 0 Å². The van der Waals surface area contributed by atoms with Gasteiger partial charge in [0.25, 0.3) is 0 Å². The molecule has 6 heteroatoms. The number of hydrogen-bond donors (Lipinski definition) is 2. The van der Waals surface area contributed by atoms with Crippen LogP contribution in [0.3, 0.4) is 0 Å². The number of halogens is 2. The SMILES string of the molecule is N=CN(O)c1ncc(I)cc1Br. The van der Waals surface area contributed by atoms with Crippen molar-refractivity contribution in [3.05, 3.63) is 20.3 Å². The molecule has 0 aliphatic heterocycles. The van der Waals surface area contributed by atoms with Gasteiger partial charge in [-0.25, -0.2) is 4.98 Å². The maximum atomic E-state index is 9.10. The molecule has 64 valence electrons. The van der Waals surface area contributed by atoms with Gasteiger partial charge in [-0.15, -0.1) is 0 Å². The van der Waals surface area contributed by atoms with Crippen LogP contribution in [0.2, 0.25) is 0 Å². The summed E-state index contributed by atoms with van der Waals surface area (Å²) in [6.07, 6.45) is 2.38. The summed E-state index contributed by atoms with van der Waals surface area (Å²) < 4.78 is 1.61. The number of hydrogen-bond acceptors (Lipinski definition) is 3. The lowest BCUT2D eigenvalue weighted by Gasteiger charge is -2.10. The molecule has 0 saturated heterocycles. The van der Waals surface area contributed by atoms with Gasteiger partial charge in [0.1, 0.15) is 6.34 Å². The van der Waals surface area contributed by atoms with E-state index in [4.69, 9.17) is 10.6 Å². The second kappa shape index (κ2) is 4.15. The number of pyridine rings is 1. The van der Waals surface area contributed by atoms with Crippen molar-refractivity contribution in [2.45, 2.75) is 0 Å². The molecule has 0 spiro atoms. The van der Waals surface area contributed by atoms with Gasteiger partial charge in [-0.2, -0.15) is 5.06 Å². The molecule has 0 aromatic carbocycles. The fraction of sp³-hybridized carbons (Fsp3) is 0. The maximum Gasteiger partial charge on any atom is 0.173 e. The topological polar surface area (TPSA) is 60.2 Å². The summed E-state index contributed by atoms with van der Waals surface area (Å²) in [5, 5.41) is 16.5. The number of nitrogens with one attached hydrogen (secondary N) is 1. The zero-order chi connectivity index (χ0) is 9.14. The molecule has 12 heavy (non-hydrogen) atoms. The Morgan fingerprint density at radius 2 is 2.42 bits per heavy atom. The van der Waals surface area contributed by atoms with Crippen LogP contribution >= 0.6 is 38.5 Å². The molecule has 2 N–H and O–H groups in total. The van der Waals surface area contributed by atoms with E-state index < -0.39 is 0 Å². The summed E-state index contributed by atoms with van der Waals surface area (Å²) in [6, 6.07) is 1.80. The lowest BCUT2D eigenvalue weighted by Crippen LogP contribution is -2.16. The highest BCUT2D eigenvalue weighted by Crippen LogP contribution is 2.23. The van der Waals surface area contributed by atoms with Crippen LogP contribution in [0.5, 0.6) is 0 Å². The zero-order valence-corrected chi connectivity index (χ0v) is 9.57. The molecule has 0 amide bonds. The highest BCUT2D eigenvalue weighted by Gasteiger charge is 2.06. The number of hydroxylamine groups is 1. The van der Waals surface area contributed by atoms with Gasteiger partial charge in [-0.05, 0) is 44.6 Å². The smallest absolute Gasteiger partial charge is 0.173 e. The summed E-state index contributed by atoms with van der Waals surface area (Å²) in [4.78, 5) is 3.92. The number of aromatic nitrogens is 1. The Balaban J connectivity index is 3.09. The Morgan fingerprint density at radius 3 is 2.92 bits per heavy atom. The molecular formula is C6H5BrIN3O. The number of nitrogens with zero attached hydrogens (tertiary/aromatic N) is 2. The van der Waals surface area contributed by atoms with Crippen molar-refractivity contribution in [2.75, 3.05) is 5.06 Å². The molecule has 0 fully saturated rings. The monoisotopic (exact) mass is 341 g/mol. The van der Waals surface area contributed by atoms with Gasteiger partial charge in [0, 0.05) is 9.77 Å². The van der Waals surface area contributed by atoms with Crippen LogP contribution < -0.4 is 5.06 Å². The van der Waals surface area contributed by atoms with Crippen LogP contribution in [0, 0.1) is 8.98 Å². The number of rotatable bonds is 2. The number of anilines is 1. The summed E-state index contributed by atoms with van der Waals surface area (Å²) in [5.41, 5.74) is 0. The van der Waals surface area contributed by atoms with Crippen molar-refractivity contribution in [1.29, 1.82) is 5.41 Å². The van der Waals surface area contributed by atoms with Crippen molar-refractivity contribution in [3.8, 4) is 0 Å². The molecule has 0 unspecified atom stereocenters. The molecule has 0 radical (unpaired) electrons. The highest BCUT2D eigenvalue weighted by molar-refractivity contribution is 14.1. The normalized spacial score (nSPS) is 9.58. The molecule has 0 bridgehead atoms. The highest BCUT2D eigenvalue weighted by atomic mass is 127. The summed E-state index contributed by atoms with van der Waals surface area (Å²) >= 11 is 5.32. The van der Waals surface area contributed by atoms with Gasteiger partial charge in [0.2, 0.25) is 0 Å². The predicted molar refractivity (Wildman–Crippen MR) is 57.7 cm³/mol. The van der Waals surface area contributed by atoms with Gasteiger partial charge < -0.3 is 0 Å². The molecule has 0 aliphatic carbocycles. The molecular weight excluding hydrogens is 337 g/mol. The van der Waals surface area contributed by atoms with E-state index in [1.807, 2.05) is 0 Å². The van der Waals surface area contributed by atoms with E-state index in [1.54, 1.807) is 12.3 Å².